The molecule has 1 heterocycles. The Bertz CT molecular complexity index is 1160. The number of aromatic amines is 1. The molecule has 0 saturated heterocycles. The molecule has 0 atom stereocenters. The van der Waals surface area contributed by atoms with Gasteiger partial charge in [0.1, 0.15) is 5.82 Å². The lowest BCUT2D eigenvalue weighted by molar-refractivity contribution is 0.601. The number of sulfonamides is 1. The van der Waals surface area contributed by atoms with Crippen LogP contribution in [0.3, 0.4) is 0 Å². The van der Waals surface area contributed by atoms with E-state index in [4.69, 9.17) is 0 Å². The van der Waals surface area contributed by atoms with E-state index in [9.17, 15) is 13.2 Å². The number of halogens is 1. The number of H-pyrrole nitrogens is 1. The third-order valence-corrected chi connectivity index (χ3v) is 6.25. The van der Waals surface area contributed by atoms with E-state index in [-0.39, 0.29) is 10.5 Å². The smallest absolute Gasteiger partial charge is 0.261 e. The summed E-state index contributed by atoms with van der Waals surface area (Å²) in [7, 11) is -3.74. The summed E-state index contributed by atoms with van der Waals surface area (Å²) in [6.45, 7) is 3.74. The summed E-state index contributed by atoms with van der Waals surface area (Å²) in [5.74, 6) is 0.403. The molecular formula is C19H18BrN3O3S. The minimum atomic E-state index is -3.74. The van der Waals surface area contributed by atoms with E-state index in [2.05, 4.69) is 30.6 Å². The van der Waals surface area contributed by atoms with Crippen molar-refractivity contribution in [1.82, 2.24) is 9.97 Å². The minimum absolute atomic E-state index is 0.174. The van der Waals surface area contributed by atoms with Gasteiger partial charge in [-0.1, -0.05) is 35.0 Å². The van der Waals surface area contributed by atoms with E-state index in [1.165, 1.54) is 12.1 Å². The highest BCUT2D eigenvalue weighted by Gasteiger charge is 2.15. The topological polar surface area (TPSA) is 91.9 Å². The van der Waals surface area contributed by atoms with Crippen molar-refractivity contribution in [3.8, 4) is 11.4 Å². The number of aryl methyl sites for hydroxylation is 2. The maximum atomic E-state index is 12.7. The molecule has 0 saturated carbocycles. The van der Waals surface area contributed by atoms with Crippen LogP contribution >= 0.6 is 15.9 Å². The second-order valence-corrected chi connectivity index (χ2v) is 8.57. The van der Waals surface area contributed by atoms with Crippen molar-refractivity contribution in [3.05, 3.63) is 74.6 Å². The van der Waals surface area contributed by atoms with Crippen molar-refractivity contribution in [2.45, 2.75) is 25.2 Å². The number of hydrogen-bond acceptors (Lipinski definition) is 4. The summed E-state index contributed by atoms with van der Waals surface area (Å²) in [5, 5.41) is 0. The summed E-state index contributed by atoms with van der Waals surface area (Å²) in [5.41, 5.74) is 2.26. The second-order valence-electron chi connectivity index (χ2n) is 6.04. The van der Waals surface area contributed by atoms with Crippen LogP contribution in [0.1, 0.15) is 18.2 Å². The zero-order valence-electron chi connectivity index (χ0n) is 14.8. The van der Waals surface area contributed by atoms with Crippen molar-refractivity contribution in [1.29, 1.82) is 0 Å². The van der Waals surface area contributed by atoms with Gasteiger partial charge in [-0.25, -0.2) is 13.4 Å². The van der Waals surface area contributed by atoms with E-state index in [0.29, 0.717) is 29.2 Å². The molecule has 0 spiro atoms. The Morgan fingerprint density at radius 3 is 2.63 bits per heavy atom. The van der Waals surface area contributed by atoms with Crippen molar-refractivity contribution in [2.24, 2.45) is 0 Å². The Labute approximate surface area is 165 Å². The first kappa shape index (κ1) is 19.3. The number of anilines is 1. The lowest BCUT2D eigenvalue weighted by Gasteiger charge is -2.11. The van der Waals surface area contributed by atoms with Gasteiger partial charge in [0.2, 0.25) is 0 Å². The van der Waals surface area contributed by atoms with Crippen LogP contribution in [0.2, 0.25) is 0 Å². The molecule has 140 valence electrons. The quantitative estimate of drug-likeness (QED) is 0.620. The summed E-state index contributed by atoms with van der Waals surface area (Å²) in [6, 6.07) is 13.0. The van der Waals surface area contributed by atoms with Gasteiger partial charge in [-0.05, 0) is 49.2 Å². The van der Waals surface area contributed by atoms with E-state index >= 15 is 0 Å². The van der Waals surface area contributed by atoms with E-state index in [1.807, 2.05) is 13.8 Å². The zero-order valence-corrected chi connectivity index (χ0v) is 17.2. The molecule has 0 unspecified atom stereocenters. The highest BCUT2D eigenvalue weighted by Crippen LogP contribution is 2.24. The third-order valence-electron chi connectivity index (χ3n) is 3.98. The number of nitrogens with one attached hydrogen (secondary N) is 2. The molecule has 0 aliphatic carbocycles. The van der Waals surface area contributed by atoms with Gasteiger partial charge >= 0.3 is 0 Å². The lowest BCUT2D eigenvalue weighted by atomic mass is 10.2. The predicted octanol–water partition coefficient (Wildman–Crippen LogP) is 3.87. The molecule has 2 aromatic carbocycles. The van der Waals surface area contributed by atoms with Gasteiger partial charge in [0.25, 0.3) is 15.6 Å². The fourth-order valence-corrected chi connectivity index (χ4v) is 3.94. The normalized spacial score (nSPS) is 11.4. The highest BCUT2D eigenvalue weighted by molar-refractivity contribution is 9.10. The maximum absolute atomic E-state index is 12.7. The largest absolute Gasteiger partial charge is 0.307 e. The van der Waals surface area contributed by atoms with E-state index in [1.54, 1.807) is 36.4 Å². The number of aromatic nitrogens is 2. The fraction of sp³-hybridized carbons (Fsp3) is 0.158. The highest BCUT2D eigenvalue weighted by atomic mass is 79.9. The molecule has 0 radical (unpaired) electrons. The Morgan fingerprint density at radius 2 is 1.93 bits per heavy atom. The van der Waals surface area contributed by atoms with Crippen LogP contribution in [0, 0.1) is 6.92 Å². The van der Waals surface area contributed by atoms with Crippen LogP contribution < -0.4 is 10.3 Å². The molecule has 2 N–H and O–H groups in total. The molecule has 8 heteroatoms. The molecule has 6 nitrogen and oxygen atoms in total. The Kier molecular flexibility index (Phi) is 5.48. The minimum Gasteiger partial charge on any atom is -0.307 e. The first-order valence-corrected chi connectivity index (χ1v) is 10.6. The molecule has 27 heavy (non-hydrogen) atoms. The van der Waals surface area contributed by atoms with Gasteiger partial charge in [0.05, 0.1) is 4.90 Å². The Balaban J connectivity index is 1.95. The predicted molar refractivity (Wildman–Crippen MR) is 109 cm³/mol. The summed E-state index contributed by atoms with van der Waals surface area (Å²) in [4.78, 5) is 19.1. The van der Waals surface area contributed by atoms with E-state index < -0.39 is 10.0 Å². The van der Waals surface area contributed by atoms with Gasteiger partial charge in [0.15, 0.2) is 0 Å². The lowest BCUT2D eigenvalue weighted by Crippen LogP contribution is -2.13. The zero-order chi connectivity index (χ0) is 19.6. The van der Waals surface area contributed by atoms with Crippen LogP contribution in [0.25, 0.3) is 11.4 Å². The van der Waals surface area contributed by atoms with Crippen LogP contribution in [0.4, 0.5) is 5.69 Å². The van der Waals surface area contributed by atoms with Crippen LogP contribution in [0.15, 0.2) is 62.7 Å². The summed E-state index contributed by atoms with van der Waals surface area (Å²) < 4.78 is 28.7. The van der Waals surface area contributed by atoms with Gasteiger partial charge in [-0.15, -0.1) is 0 Å². The number of hydrogen-bond donors (Lipinski definition) is 2. The van der Waals surface area contributed by atoms with Crippen molar-refractivity contribution >= 4 is 31.6 Å². The standard InChI is InChI=1S/C19H18BrN3O3S/c1-3-14-11-18(24)22-19(21-14)13-5-4-6-15(10-13)23-27(25,26)16-7-8-17(20)12(2)9-16/h4-11,23H,3H2,1-2H3,(H,21,22,24). The molecule has 0 aliphatic heterocycles. The first-order valence-electron chi connectivity index (χ1n) is 8.28. The van der Waals surface area contributed by atoms with Crippen LogP contribution in [-0.4, -0.2) is 18.4 Å². The molecule has 3 aromatic rings. The van der Waals surface area contributed by atoms with Crippen molar-refractivity contribution in [3.63, 3.8) is 0 Å². The molecule has 0 bridgehead atoms. The monoisotopic (exact) mass is 447 g/mol. The average Bonchev–Trinajstić information content (AvgIpc) is 2.63. The average molecular weight is 448 g/mol. The molecule has 0 aliphatic rings. The maximum Gasteiger partial charge on any atom is 0.261 e. The second kappa shape index (κ2) is 7.66. The third kappa shape index (κ3) is 4.45. The first-order chi connectivity index (χ1) is 12.8. The Morgan fingerprint density at radius 1 is 1.15 bits per heavy atom. The fourth-order valence-electron chi connectivity index (χ4n) is 2.55. The molecule has 3 rings (SSSR count). The molecular weight excluding hydrogens is 430 g/mol. The molecule has 0 fully saturated rings. The van der Waals surface area contributed by atoms with Crippen molar-refractivity contribution < 1.29 is 8.42 Å². The van der Waals surface area contributed by atoms with Gasteiger partial charge in [-0.2, -0.15) is 0 Å². The number of rotatable bonds is 5. The van der Waals surface area contributed by atoms with Crippen LogP contribution in [-0.2, 0) is 16.4 Å². The molecule has 1 aromatic heterocycles. The molecule has 0 amide bonds. The SMILES string of the molecule is CCc1cc(=O)[nH]c(-c2cccc(NS(=O)(=O)c3ccc(Br)c(C)c3)c2)n1. The number of benzene rings is 2. The summed E-state index contributed by atoms with van der Waals surface area (Å²) in [6.07, 6.45) is 0.631. The number of nitrogens with zero attached hydrogens (tertiary/aromatic N) is 1. The van der Waals surface area contributed by atoms with Crippen LogP contribution in [0.5, 0.6) is 0 Å². The van der Waals surface area contributed by atoms with Gasteiger partial charge in [0, 0.05) is 27.5 Å². The Hall–Kier alpha value is -2.45. The summed E-state index contributed by atoms with van der Waals surface area (Å²) >= 11 is 3.36. The van der Waals surface area contributed by atoms with Crippen molar-refractivity contribution in [2.75, 3.05) is 4.72 Å². The van der Waals surface area contributed by atoms with Gasteiger partial charge < -0.3 is 4.98 Å². The van der Waals surface area contributed by atoms with Gasteiger partial charge in [-0.3, -0.25) is 9.52 Å². The van der Waals surface area contributed by atoms with E-state index in [0.717, 1.165) is 10.0 Å².